The molecule has 6 atom stereocenters. The highest BCUT2D eigenvalue weighted by Crippen LogP contribution is 2.38. The first-order chi connectivity index (χ1) is 26.5. The van der Waals surface area contributed by atoms with Crippen molar-refractivity contribution in [3.8, 4) is 33.6 Å². The van der Waals surface area contributed by atoms with E-state index in [0.29, 0.717) is 47.7 Å². The van der Waals surface area contributed by atoms with Crippen molar-refractivity contribution >= 4 is 24.0 Å². The van der Waals surface area contributed by atoms with Gasteiger partial charge in [-0.25, -0.2) is 23.9 Å². The van der Waals surface area contributed by atoms with Gasteiger partial charge >= 0.3 is 12.2 Å². The van der Waals surface area contributed by atoms with Crippen LogP contribution in [0.4, 0.5) is 14.0 Å². The molecule has 2 aromatic heterocycles. The zero-order chi connectivity index (χ0) is 39.4. The van der Waals surface area contributed by atoms with E-state index in [4.69, 9.17) is 9.47 Å². The van der Waals surface area contributed by atoms with Crippen LogP contribution < -0.4 is 10.6 Å². The van der Waals surface area contributed by atoms with Crippen LogP contribution in [0.15, 0.2) is 54.9 Å². The average molecular weight is 757 g/mol. The molecule has 2 aromatic carbocycles. The quantitative estimate of drug-likeness (QED) is 0.132. The number of carbonyl (C=O) groups excluding carboxylic acids is 4. The van der Waals surface area contributed by atoms with Gasteiger partial charge in [0, 0.05) is 17.6 Å². The number of carbonyl (C=O) groups is 4. The third-order valence-electron chi connectivity index (χ3n) is 10.8. The molecule has 292 valence electrons. The lowest BCUT2D eigenvalue weighted by Crippen LogP contribution is -2.50. The third kappa shape index (κ3) is 8.05. The highest BCUT2D eigenvalue weighted by molar-refractivity contribution is 5.87. The topological polar surface area (TPSA) is 175 Å². The van der Waals surface area contributed by atoms with Crippen LogP contribution in [-0.4, -0.2) is 92.1 Å². The van der Waals surface area contributed by atoms with E-state index < -0.39 is 30.1 Å². The van der Waals surface area contributed by atoms with Gasteiger partial charge in [0.1, 0.15) is 29.5 Å². The summed E-state index contributed by atoms with van der Waals surface area (Å²) in [7, 11) is 2.53. The van der Waals surface area contributed by atoms with E-state index in [-0.39, 0.29) is 36.0 Å². The van der Waals surface area contributed by atoms with Gasteiger partial charge in [0.15, 0.2) is 0 Å². The molecular formula is C40H49FN8O6. The van der Waals surface area contributed by atoms with E-state index >= 15 is 4.39 Å². The molecule has 15 heteroatoms. The number of nitrogens with one attached hydrogen (secondary N) is 4. The molecule has 4 N–H and O–H groups in total. The minimum atomic E-state index is -0.734. The summed E-state index contributed by atoms with van der Waals surface area (Å²) in [6, 6.07) is 10.6. The molecule has 0 bridgehead atoms. The number of alkyl carbamates (subject to hydrolysis) is 2. The summed E-state index contributed by atoms with van der Waals surface area (Å²) in [6.07, 6.45) is 5.84. The molecule has 4 amide bonds. The molecule has 14 nitrogen and oxygen atoms in total. The average Bonchev–Trinajstić information content (AvgIpc) is 4.02. The van der Waals surface area contributed by atoms with Crippen LogP contribution >= 0.6 is 0 Å². The first-order valence-electron chi connectivity index (χ1n) is 18.8. The Morgan fingerprint density at radius 2 is 1.18 bits per heavy atom. The second-order valence-electron chi connectivity index (χ2n) is 14.2. The van der Waals surface area contributed by atoms with Gasteiger partial charge in [-0.2, -0.15) is 0 Å². The van der Waals surface area contributed by atoms with Gasteiger partial charge in [-0.3, -0.25) is 9.59 Å². The van der Waals surface area contributed by atoms with Crippen LogP contribution in [0.2, 0.25) is 0 Å². The third-order valence-corrected chi connectivity index (χ3v) is 10.8. The van der Waals surface area contributed by atoms with E-state index in [2.05, 4.69) is 30.6 Å². The Labute approximate surface area is 319 Å². The number of likely N-dealkylation sites (tertiary alicyclic amines) is 2. The summed E-state index contributed by atoms with van der Waals surface area (Å²) in [5, 5.41) is 5.26. The van der Waals surface area contributed by atoms with Crippen LogP contribution in [0, 0.1) is 5.82 Å². The Bertz CT molecular complexity index is 2010. The molecule has 6 rings (SSSR count). The fourth-order valence-corrected chi connectivity index (χ4v) is 7.74. The number of H-pyrrole nitrogens is 2. The lowest BCUT2D eigenvalue weighted by Gasteiger charge is -2.31. The van der Waals surface area contributed by atoms with Crippen LogP contribution in [0.1, 0.15) is 90.0 Å². The molecule has 0 radical (unpaired) electrons. The van der Waals surface area contributed by atoms with E-state index in [1.54, 1.807) is 28.3 Å². The predicted octanol–water partition coefficient (Wildman–Crippen LogP) is 6.65. The highest BCUT2D eigenvalue weighted by atomic mass is 19.1. The smallest absolute Gasteiger partial charge is 0.407 e. The van der Waals surface area contributed by atoms with E-state index in [1.165, 1.54) is 20.3 Å². The summed E-state index contributed by atoms with van der Waals surface area (Å²) in [5.74, 6) is 0.424. The van der Waals surface area contributed by atoms with Crippen LogP contribution in [0.5, 0.6) is 0 Å². The van der Waals surface area contributed by atoms with Gasteiger partial charge < -0.3 is 39.9 Å². The second kappa shape index (κ2) is 16.7. The second-order valence-corrected chi connectivity index (χ2v) is 14.2. The molecule has 4 heterocycles. The molecule has 2 aliphatic rings. The van der Waals surface area contributed by atoms with Crippen molar-refractivity contribution in [1.82, 2.24) is 40.4 Å². The van der Waals surface area contributed by atoms with Gasteiger partial charge in [0.25, 0.3) is 0 Å². The maximum absolute atomic E-state index is 15.7. The molecule has 0 spiro atoms. The summed E-state index contributed by atoms with van der Waals surface area (Å²) < 4.78 is 25.1. The monoisotopic (exact) mass is 756 g/mol. The Morgan fingerprint density at radius 1 is 0.727 bits per heavy atom. The Morgan fingerprint density at radius 3 is 1.65 bits per heavy atom. The Kier molecular flexibility index (Phi) is 11.9. The molecule has 55 heavy (non-hydrogen) atoms. The predicted molar refractivity (Wildman–Crippen MR) is 203 cm³/mol. The minimum Gasteiger partial charge on any atom is -0.453 e. The maximum atomic E-state index is 15.7. The molecule has 0 unspecified atom stereocenters. The van der Waals surface area contributed by atoms with Gasteiger partial charge in [0.2, 0.25) is 11.8 Å². The number of hydrogen-bond acceptors (Lipinski definition) is 8. The minimum absolute atomic E-state index is 0.0186. The lowest BCUT2D eigenvalue weighted by molar-refractivity contribution is -0.137. The van der Waals surface area contributed by atoms with Crippen molar-refractivity contribution in [3.05, 3.63) is 72.3 Å². The summed E-state index contributed by atoms with van der Waals surface area (Å²) >= 11 is 0. The molecule has 0 aliphatic carbocycles. The first-order valence-corrected chi connectivity index (χ1v) is 18.8. The number of aromatic nitrogens is 4. The molecular weight excluding hydrogens is 707 g/mol. The summed E-state index contributed by atoms with van der Waals surface area (Å²) in [6.45, 7) is 7.63. The number of imidazole rings is 2. The SMILES string of the molecule is CC[C@H](NC(=O)OC)C(=O)N1[C@H](C)CC[C@@H]1c1ncc(-c2ccc(-c3ccc(-c4cnc([C@H]5CC[C@@H](C)N5C(=O)[C@H](CC)NC(=O)OC)[nH]4)c(F)c3)cc2)[nH]1. The number of hydrogen-bond donors (Lipinski definition) is 4. The Balaban J connectivity index is 1.14. The number of rotatable bonds is 11. The van der Waals surface area contributed by atoms with Crippen molar-refractivity contribution < 1.29 is 33.0 Å². The number of methoxy groups -OCH3 is 2. The number of benzene rings is 2. The fourth-order valence-electron chi connectivity index (χ4n) is 7.74. The van der Waals surface area contributed by atoms with Crippen molar-refractivity contribution in [2.24, 2.45) is 0 Å². The van der Waals surface area contributed by atoms with E-state index in [1.807, 2.05) is 58.0 Å². The molecule has 2 aliphatic heterocycles. The number of amides is 4. The van der Waals surface area contributed by atoms with E-state index in [0.717, 1.165) is 36.1 Å². The molecule has 2 saturated heterocycles. The summed E-state index contributed by atoms with van der Waals surface area (Å²) in [4.78, 5) is 70.2. The van der Waals surface area contributed by atoms with Gasteiger partial charge in [-0.1, -0.05) is 44.2 Å². The molecule has 4 aromatic rings. The largest absolute Gasteiger partial charge is 0.453 e. The first kappa shape index (κ1) is 39.0. The zero-order valence-corrected chi connectivity index (χ0v) is 32.0. The maximum Gasteiger partial charge on any atom is 0.407 e. The number of halogens is 1. The van der Waals surface area contributed by atoms with Crippen LogP contribution in [0.25, 0.3) is 33.6 Å². The Hall–Kier alpha value is -5.73. The zero-order valence-electron chi connectivity index (χ0n) is 32.0. The molecule has 2 fully saturated rings. The van der Waals surface area contributed by atoms with Crippen LogP contribution in [0.3, 0.4) is 0 Å². The summed E-state index contributed by atoms with van der Waals surface area (Å²) in [5.41, 5.74) is 4.04. The number of aromatic amines is 2. The van der Waals surface area contributed by atoms with Gasteiger partial charge in [-0.15, -0.1) is 0 Å². The number of nitrogens with zero attached hydrogens (tertiary/aromatic N) is 4. The van der Waals surface area contributed by atoms with Crippen molar-refractivity contribution in [2.45, 2.75) is 102 Å². The fraction of sp³-hybridized carbons (Fsp3) is 0.450. The van der Waals surface area contributed by atoms with Gasteiger partial charge in [0.05, 0.1) is 50.1 Å². The standard InChI is InChI=1S/C40H49FN8O6/c1-7-29(46-39(52)54-5)37(50)48-22(3)9-17-33(48)35-42-20-31(44-35)25-13-11-24(12-14-25)26-15-16-27(28(41)19-26)32-21-43-36(45-32)34-18-10-23(4)49(34)38(51)30(8-2)47-40(53)55-6/h11-16,19-23,29-30,33-34H,7-10,17-18H2,1-6H3,(H,42,44)(H,43,45)(H,46,52)(H,47,53)/t22-,23-,29+,30+,33-,34-/m1/s1. The van der Waals surface area contributed by atoms with Crippen molar-refractivity contribution in [2.75, 3.05) is 14.2 Å². The van der Waals surface area contributed by atoms with Crippen LogP contribution in [-0.2, 0) is 19.1 Å². The van der Waals surface area contributed by atoms with Crippen molar-refractivity contribution in [3.63, 3.8) is 0 Å². The normalized spacial score (nSPS) is 20.6. The number of ether oxygens (including phenoxy) is 2. The van der Waals surface area contributed by atoms with Crippen molar-refractivity contribution in [1.29, 1.82) is 0 Å². The van der Waals surface area contributed by atoms with Gasteiger partial charge in [-0.05, 0) is 81.2 Å². The molecule has 0 saturated carbocycles. The lowest BCUT2D eigenvalue weighted by atomic mass is 10.0. The van der Waals surface area contributed by atoms with E-state index in [9.17, 15) is 19.2 Å². The highest BCUT2D eigenvalue weighted by Gasteiger charge is 2.41.